The van der Waals surface area contributed by atoms with Crippen molar-refractivity contribution in [3.8, 4) is 0 Å². The predicted molar refractivity (Wildman–Crippen MR) is 66.8 cm³/mol. The van der Waals surface area contributed by atoms with Gasteiger partial charge in [0, 0.05) is 12.6 Å². The Labute approximate surface area is 106 Å². The number of hydrogen-bond donors (Lipinski definition) is 1. The number of carbonyl (C=O) groups excluding carboxylic acids is 1. The molecule has 1 aliphatic rings. The molecule has 98 valence electrons. The Morgan fingerprint density at radius 3 is 2.50 bits per heavy atom. The number of nitrogens with zero attached hydrogens (tertiary/aromatic N) is 1. The summed E-state index contributed by atoms with van der Waals surface area (Å²) in [6, 6.07) is 5.38. The number of benzene rings is 1. The molecule has 0 saturated heterocycles. The second kappa shape index (κ2) is 5.48. The molecule has 2 atom stereocenters. The van der Waals surface area contributed by atoms with Gasteiger partial charge in [-0.2, -0.15) is 0 Å². The summed E-state index contributed by atoms with van der Waals surface area (Å²) in [5, 5.41) is 9.93. The van der Waals surface area contributed by atoms with Crippen LogP contribution in [0, 0.1) is 5.82 Å². The van der Waals surface area contributed by atoms with E-state index in [2.05, 4.69) is 0 Å². The number of aliphatic hydroxyl groups excluding tert-OH is 1. The van der Waals surface area contributed by atoms with Gasteiger partial charge in [-0.25, -0.2) is 4.39 Å². The summed E-state index contributed by atoms with van der Waals surface area (Å²) in [5.41, 5.74) is 0.455. The van der Waals surface area contributed by atoms with E-state index in [1.807, 2.05) is 0 Å². The molecule has 1 aliphatic carbocycles. The summed E-state index contributed by atoms with van der Waals surface area (Å²) in [5.74, 6) is -0.521. The van der Waals surface area contributed by atoms with E-state index in [4.69, 9.17) is 0 Å². The van der Waals surface area contributed by atoms with E-state index in [0.717, 1.165) is 25.7 Å². The lowest BCUT2D eigenvalue weighted by Crippen LogP contribution is -2.46. The van der Waals surface area contributed by atoms with Crippen molar-refractivity contribution in [2.75, 3.05) is 7.05 Å². The minimum Gasteiger partial charge on any atom is -0.391 e. The third-order valence-corrected chi connectivity index (χ3v) is 3.60. The van der Waals surface area contributed by atoms with Gasteiger partial charge < -0.3 is 10.0 Å². The summed E-state index contributed by atoms with van der Waals surface area (Å²) in [4.78, 5) is 13.8. The molecule has 1 N–H and O–H groups in total. The van der Waals surface area contributed by atoms with Crippen molar-refractivity contribution < 1.29 is 14.3 Å². The Hall–Kier alpha value is -1.42. The minimum absolute atomic E-state index is 0.128. The van der Waals surface area contributed by atoms with Crippen molar-refractivity contribution in [1.29, 1.82) is 0 Å². The molecule has 0 aromatic heterocycles. The molecule has 0 unspecified atom stereocenters. The van der Waals surface area contributed by atoms with E-state index >= 15 is 0 Å². The number of aliphatic hydroxyl groups is 1. The molecule has 0 aliphatic heterocycles. The van der Waals surface area contributed by atoms with Crippen molar-refractivity contribution in [3.05, 3.63) is 35.6 Å². The van der Waals surface area contributed by atoms with Crippen LogP contribution in [0.5, 0.6) is 0 Å². The van der Waals surface area contributed by atoms with Crippen molar-refractivity contribution in [3.63, 3.8) is 0 Å². The Kier molecular flexibility index (Phi) is 3.97. The van der Waals surface area contributed by atoms with Gasteiger partial charge in [0.2, 0.25) is 0 Å². The number of rotatable bonds is 2. The summed E-state index contributed by atoms with van der Waals surface area (Å²) >= 11 is 0. The van der Waals surface area contributed by atoms with E-state index in [0.29, 0.717) is 5.56 Å². The van der Waals surface area contributed by atoms with E-state index in [1.165, 1.54) is 24.3 Å². The summed E-state index contributed by atoms with van der Waals surface area (Å²) < 4.78 is 12.8. The second-order valence-corrected chi connectivity index (χ2v) is 4.84. The molecule has 1 amide bonds. The van der Waals surface area contributed by atoms with E-state index in [9.17, 15) is 14.3 Å². The first-order chi connectivity index (χ1) is 8.59. The van der Waals surface area contributed by atoms with E-state index in [1.54, 1.807) is 11.9 Å². The fourth-order valence-electron chi connectivity index (χ4n) is 2.49. The van der Waals surface area contributed by atoms with Crippen LogP contribution in [0.4, 0.5) is 4.39 Å². The molecule has 0 spiro atoms. The molecule has 1 fully saturated rings. The van der Waals surface area contributed by atoms with Crippen molar-refractivity contribution in [1.82, 2.24) is 4.90 Å². The predicted octanol–water partition coefficient (Wildman–Crippen LogP) is 2.20. The maximum absolute atomic E-state index is 12.8. The van der Waals surface area contributed by atoms with Gasteiger partial charge in [0.1, 0.15) is 5.82 Å². The van der Waals surface area contributed by atoms with Crippen LogP contribution in [0.3, 0.4) is 0 Å². The van der Waals surface area contributed by atoms with Crippen LogP contribution in [-0.2, 0) is 0 Å². The smallest absolute Gasteiger partial charge is 0.253 e. The molecule has 0 bridgehead atoms. The summed E-state index contributed by atoms with van der Waals surface area (Å²) in [6.45, 7) is 0. The van der Waals surface area contributed by atoms with Gasteiger partial charge >= 0.3 is 0 Å². The van der Waals surface area contributed by atoms with Crippen molar-refractivity contribution in [2.45, 2.75) is 37.8 Å². The lowest BCUT2D eigenvalue weighted by Gasteiger charge is -2.35. The number of hydrogen-bond acceptors (Lipinski definition) is 2. The molecule has 0 radical (unpaired) electrons. The maximum Gasteiger partial charge on any atom is 0.253 e. The van der Waals surface area contributed by atoms with Gasteiger partial charge in [0.25, 0.3) is 5.91 Å². The standard InChI is InChI=1S/C14H18FNO2/c1-16(12-4-2-3-5-13(12)17)14(18)10-6-8-11(15)9-7-10/h6-9,12-13,17H,2-5H2,1H3/t12-,13-/m0/s1. The highest BCUT2D eigenvalue weighted by Crippen LogP contribution is 2.23. The number of likely N-dealkylation sites (N-methyl/N-ethyl adjacent to an activating group) is 1. The highest BCUT2D eigenvalue weighted by atomic mass is 19.1. The van der Waals surface area contributed by atoms with Crippen molar-refractivity contribution >= 4 is 5.91 Å². The average Bonchev–Trinajstić information content (AvgIpc) is 2.38. The summed E-state index contributed by atoms with van der Waals surface area (Å²) in [6.07, 6.45) is 3.16. The largest absolute Gasteiger partial charge is 0.391 e. The zero-order valence-electron chi connectivity index (χ0n) is 10.5. The van der Waals surface area contributed by atoms with E-state index in [-0.39, 0.29) is 17.8 Å². The Morgan fingerprint density at radius 2 is 1.89 bits per heavy atom. The highest BCUT2D eigenvalue weighted by Gasteiger charge is 2.29. The fourth-order valence-corrected chi connectivity index (χ4v) is 2.49. The van der Waals surface area contributed by atoms with Crippen LogP contribution >= 0.6 is 0 Å². The van der Waals surface area contributed by atoms with Crippen LogP contribution < -0.4 is 0 Å². The van der Waals surface area contributed by atoms with E-state index < -0.39 is 6.10 Å². The van der Waals surface area contributed by atoms with Gasteiger partial charge in [-0.3, -0.25) is 4.79 Å². The summed E-state index contributed by atoms with van der Waals surface area (Å²) in [7, 11) is 1.70. The average molecular weight is 251 g/mol. The van der Waals surface area contributed by atoms with Crippen LogP contribution in [0.2, 0.25) is 0 Å². The van der Waals surface area contributed by atoms with Gasteiger partial charge in [0.15, 0.2) is 0 Å². The Bertz CT molecular complexity index is 418. The van der Waals surface area contributed by atoms with Gasteiger partial charge in [-0.05, 0) is 37.1 Å². The minimum atomic E-state index is -0.451. The zero-order chi connectivity index (χ0) is 13.1. The number of carbonyl (C=O) groups is 1. The zero-order valence-corrected chi connectivity index (χ0v) is 10.5. The highest BCUT2D eigenvalue weighted by molar-refractivity contribution is 5.94. The Balaban J connectivity index is 2.10. The molecule has 2 rings (SSSR count). The number of amides is 1. The molecular weight excluding hydrogens is 233 g/mol. The molecular formula is C14H18FNO2. The van der Waals surface area contributed by atoms with Crippen LogP contribution in [-0.4, -0.2) is 35.1 Å². The normalized spacial score (nSPS) is 23.7. The molecule has 1 saturated carbocycles. The first-order valence-corrected chi connectivity index (χ1v) is 6.30. The third kappa shape index (κ3) is 2.70. The SMILES string of the molecule is CN(C(=O)c1ccc(F)cc1)[C@H]1CCCC[C@@H]1O. The van der Waals surface area contributed by atoms with Crippen molar-refractivity contribution in [2.24, 2.45) is 0 Å². The lowest BCUT2D eigenvalue weighted by molar-refractivity contribution is 0.0268. The van der Waals surface area contributed by atoms with Crippen LogP contribution in [0.25, 0.3) is 0 Å². The third-order valence-electron chi connectivity index (χ3n) is 3.60. The molecule has 3 nitrogen and oxygen atoms in total. The first-order valence-electron chi connectivity index (χ1n) is 6.30. The quantitative estimate of drug-likeness (QED) is 0.875. The monoisotopic (exact) mass is 251 g/mol. The molecule has 1 aromatic rings. The van der Waals surface area contributed by atoms with Crippen LogP contribution in [0.1, 0.15) is 36.0 Å². The van der Waals surface area contributed by atoms with Crippen LogP contribution in [0.15, 0.2) is 24.3 Å². The molecule has 1 aromatic carbocycles. The lowest BCUT2D eigenvalue weighted by atomic mass is 9.91. The molecule has 0 heterocycles. The topological polar surface area (TPSA) is 40.5 Å². The number of halogens is 1. The van der Waals surface area contributed by atoms with Gasteiger partial charge in [-0.1, -0.05) is 12.8 Å². The fraction of sp³-hybridized carbons (Fsp3) is 0.500. The second-order valence-electron chi connectivity index (χ2n) is 4.84. The van der Waals surface area contributed by atoms with Gasteiger partial charge in [-0.15, -0.1) is 0 Å². The first kappa shape index (κ1) is 13.0. The Morgan fingerprint density at radius 1 is 1.28 bits per heavy atom. The molecule has 4 heteroatoms. The van der Waals surface area contributed by atoms with Gasteiger partial charge in [0.05, 0.1) is 12.1 Å². The molecule has 18 heavy (non-hydrogen) atoms. The maximum atomic E-state index is 12.8.